The number of aromatic nitrogens is 1. The summed E-state index contributed by atoms with van der Waals surface area (Å²) in [5, 5.41) is 2.71. The fourth-order valence-electron chi connectivity index (χ4n) is 2.44. The van der Waals surface area contributed by atoms with Crippen molar-refractivity contribution in [3.63, 3.8) is 0 Å². The van der Waals surface area contributed by atoms with Gasteiger partial charge in [0.05, 0.1) is 11.7 Å². The summed E-state index contributed by atoms with van der Waals surface area (Å²) in [6.07, 6.45) is 2.00. The number of rotatable bonds is 5. The van der Waals surface area contributed by atoms with E-state index < -0.39 is 11.9 Å². The quantitative estimate of drug-likeness (QED) is 0.790. The maximum atomic E-state index is 11.7. The van der Waals surface area contributed by atoms with Gasteiger partial charge in [-0.15, -0.1) is 0 Å². The van der Waals surface area contributed by atoms with Crippen LogP contribution in [0.5, 0.6) is 0 Å². The van der Waals surface area contributed by atoms with E-state index in [1.807, 2.05) is 11.8 Å². The summed E-state index contributed by atoms with van der Waals surface area (Å²) >= 11 is 0. The summed E-state index contributed by atoms with van der Waals surface area (Å²) in [7, 11) is 1.61. The van der Waals surface area contributed by atoms with Gasteiger partial charge in [-0.1, -0.05) is 0 Å². The lowest BCUT2D eigenvalue weighted by atomic mass is 10.2. The summed E-state index contributed by atoms with van der Waals surface area (Å²) in [4.78, 5) is 29.3. The summed E-state index contributed by atoms with van der Waals surface area (Å²) in [5.74, 6) is 0.0507. The van der Waals surface area contributed by atoms with Gasteiger partial charge in [-0.05, 0) is 19.1 Å². The molecule has 0 aliphatic carbocycles. The third-order valence-electron chi connectivity index (χ3n) is 3.57. The molecule has 2 rings (SSSR count). The Hall–Kier alpha value is -2.15. The van der Waals surface area contributed by atoms with Crippen molar-refractivity contribution in [2.24, 2.45) is 5.73 Å². The first-order valence-corrected chi connectivity index (χ1v) is 6.89. The predicted molar refractivity (Wildman–Crippen MR) is 78.0 cm³/mol. The lowest BCUT2D eigenvalue weighted by Crippen LogP contribution is -2.40. The molecule has 3 N–H and O–H groups in total. The molecule has 0 aromatic carbocycles. The van der Waals surface area contributed by atoms with Crippen molar-refractivity contribution in [1.29, 1.82) is 0 Å². The molecule has 7 nitrogen and oxygen atoms in total. The molecule has 2 amide bonds. The van der Waals surface area contributed by atoms with Crippen LogP contribution in [0.25, 0.3) is 0 Å². The van der Waals surface area contributed by atoms with E-state index in [1.165, 1.54) is 6.20 Å². The minimum Gasteiger partial charge on any atom is -0.380 e. The summed E-state index contributed by atoms with van der Waals surface area (Å²) < 4.78 is 5.30. The highest BCUT2D eigenvalue weighted by molar-refractivity contribution is 5.94. The molecular weight excluding hydrogens is 272 g/mol. The molecule has 1 aromatic heterocycles. The van der Waals surface area contributed by atoms with E-state index in [1.54, 1.807) is 19.2 Å². The number of anilines is 1. The van der Waals surface area contributed by atoms with Crippen molar-refractivity contribution in [3.8, 4) is 0 Å². The maximum absolute atomic E-state index is 11.7. The fourth-order valence-corrected chi connectivity index (χ4v) is 2.44. The number of hydrogen-bond donors (Lipinski definition) is 2. The van der Waals surface area contributed by atoms with Crippen LogP contribution >= 0.6 is 0 Å². The van der Waals surface area contributed by atoms with Crippen molar-refractivity contribution in [2.45, 2.75) is 25.5 Å². The molecule has 1 fully saturated rings. The van der Waals surface area contributed by atoms with Gasteiger partial charge in [-0.2, -0.15) is 0 Å². The van der Waals surface area contributed by atoms with E-state index in [0.717, 1.165) is 0 Å². The molecule has 114 valence electrons. The SMILES string of the molecule is CCNC(=O)c1ccc(N2C[C@@H](OC)C[C@H]2C(N)=O)nc1. The second-order valence-electron chi connectivity index (χ2n) is 4.93. The van der Waals surface area contributed by atoms with E-state index in [0.29, 0.717) is 30.9 Å². The van der Waals surface area contributed by atoms with Crippen LogP contribution in [0, 0.1) is 0 Å². The van der Waals surface area contributed by atoms with Gasteiger partial charge in [0.25, 0.3) is 5.91 Å². The zero-order valence-corrected chi connectivity index (χ0v) is 12.2. The maximum Gasteiger partial charge on any atom is 0.252 e. The van der Waals surface area contributed by atoms with Crippen LogP contribution in [0.2, 0.25) is 0 Å². The van der Waals surface area contributed by atoms with Gasteiger partial charge < -0.3 is 20.7 Å². The number of pyridine rings is 1. The van der Waals surface area contributed by atoms with Gasteiger partial charge in [0.1, 0.15) is 11.9 Å². The van der Waals surface area contributed by atoms with Crippen LogP contribution in [-0.4, -0.2) is 49.1 Å². The highest BCUT2D eigenvalue weighted by Crippen LogP contribution is 2.25. The molecule has 0 bridgehead atoms. The molecule has 0 unspecified atom stereocenters. The number of nitrogens with two attached hydrogens (primary N) is 1. The third-order valence-corrected chi connectivity index (χ3v) is 3.57. The number of primary amides is 1. The van der Waals surface area contributed by atoms with Gasteiger partial charge in [0, 0.05) is 32.8 Å². The smallest absolute Gasteiger partial charge is 0.252 e. The van der Waals surface area contributed by atoms with E-state index in [-0.39, 0.29) is 12.0 Å². The number of nitrogens with zero attached hydrogens (tertiary/aromatic N) is 2. The Balaban J connectivity index is 2.17. The van der Waals surface area contributed by atoms with Crippen molar-refractivity contribution >= 4 is 17.6 Å². The highest BCUT2D eigenvalue weighted by atomic mass is 16.5. The predicted octanol–water partition coefficient (Wildman–Crippen LogP) is -0.0897. The number of amides is 2. The van der Waals surface area contributed by atoms with E-state index >= 15 is 0 Å². The molecule has 1 aromatic rings. The molecule has 7 heteroatoms. The van der Waals surface area contributed by atoms with Crippen molar-refractivity contribution in [1.82, 2.24) is 10.3 Å². The van der Waals surface area contributed by atoms with Gasteiger partial charge in [0.2, 0.25) is 5.91 Å². The molecule has 0 radical (unpaired) electrons. The monoisotopic (exact) mass is 292 g/mol. The van der Waals surface area contributed by atoms with Crippen molar-refractivity contribution < 1.29 is 14.3 Å². The van der Waals surface area contributed by atoms with Crippen LogP contribution in [0.1, 0.15) is 23.7 Å². The average molecular weight is 292 g/mol. The van der Waals surface area contributed by atoms with Gasteiger partial charge in [-0.3, -0.25) is 9.59 Å². The standard InChI is InChI=1S/C14H20N4O3/c1-3-16-14(20)9-4-5-12(17-7-9)18-8-10(21-2)6-11(18)13(15)19/h4-5,7,10-11H,3,6,8H2,1-2H3,(H2,15,19)(H,16,20)/t10-,11-/m0/s1. The Kier molecular flexibility index (Phi) is 4.74. The Labute approximate surface area is 123 Å². The number of carbonyl (C=O) groups is 2. The first kappa shape index (κ1) is 15.2. The zero-order valence-electron chi connectivity index (χ0n) is 12.2. The molecular formula is C14H20N4O3. The minimum atomic E-state index is -0.433. The number of methoxy groups -OCH3 is 1. The number of nitrogens with one attached hydrogen (secondary N) is 1. The Morgan fingerprint density at radius 2 is 2.29 bits per heavy atom. The van der Waals surface area contributed by atoms with E-state index in [9.17, 15) is 9.59 Å². The molecule has 0 spiro atoms. The lowest BCUT2D eigenvalue weighted by Gasteiger charge is -2.23. The second-order valence-corrected chi connectivity index (χ2v) is 4.93. The van der Waals surface area contributed by atoms with Crippen LogP contribution in [0.15, 0.2) is 18.3 Å². The lowest BCUT2D eigenvalue weighted by molar-refractivity contribution is -0.119. The van der Waals surface area contributed by atoms with Crippen molar-refractivity contribution in [2.75, 3.05) is 25.1 Å². The Morgan fingerprint density at radius 3 is 2.81 bits per heavy atom. The zero-order chi connectivity index (χ0) is 15.4. The van der Waals surface area contributed by atoms with Gasteiger partial charge in [0.15, 0.2) is 0 Å². The van der Waals surface area contributed by atoms with Crippen LogP contribution < -0.4 is 16.0 Å². The second kappa shape index (κ2) is 6.53. The topological polar surface area (TPSA) is 97.5 Å². The minimum absolute atomic E-state index is 0.0487. The average Bonchev–Trinajstić information content (AvgIpc) is 2.92. The number of carbonyl (C=O) groups excluding carboxylic acids is 2. The van der Waals surface area contributed by atoms with Crippen molar-refractivity contribution in [3.05, 3.63) is 23.9 Å². The van der Waals surface area contributed by atoms with Crippen LogP contribution in [0.3, 0.4) is 0 Å². The normalized spacial score (nSPS) is 21.3. The first-order chi connectivity index (χ1) is 10.1. The Bertz CT molecular complexity index is 517. The summed E-state index contributed by atoms with van der Waals surface area (Å²) in [5.41, 5.74) is 5.92. The highest BCUT2D eigenvalue weighted by Gasteiger charge is 2.36. The van der Waals surface area contributed by atoms with E-state index in [4.69, 9.17) is 10.5 Å². The van der Waals surface area contributed by atoms with E-state index in [2.05, 4.69) is 10.3 Å². The number of ether oxygens (including phenoxy) is 1. The fraction of sp³-hybridized carbons (Fsp3) is 0.500. The third kappa shape index (κ3) is 3.30. The van der Waals surface area contributed by atoms with Gasteiger partial charge in [-0.25, -0.2) is 4.98 Å². The molecule has 0 saturated carbocycles. The molecule has 1 aliphatic heterocycles. The van der Waals surface area contributed by atoms with Crippen LogP contribution in [0.4, 0.5) is 5.82 Å². The number of hydrogen-bond acceptors (Lipinski definition) is 5. The first-order valence-electron chi connectivity index (χ1n) is 6.89. The largest absolute Gasteiger partial charge is 0.380 e. The molecule has 1 saturated heterocycles. The molecule has 2 atom stereocenters. The molecule has 1 aliphatic rings. The molecule has 21 heavy (non-hydrogen) atoms. The summed E-state index contributed by atoms with van der Waals surface area (Å²) in [6, 6.07) is 2.97. The Morgan fingerprint density at radius 1 is 1.52 bits per heavy atom. The summed E-state index contributed by atoms with van der Waals surface area (Å²) in [6.45, 7) is 2.97. The molecule has 2 heterocycles. The van der Waals surface area contributed by atoms with Gasteiger partial charge >= 0.3 is 0 Å². The van der Waals surface area contributed by atoms with Crippen LogP contribution in [-0.2, 0) is 9.53 Å².